The number of aliphatic hydroxyl groups excluding tert-OH is 1. The van der Waals surface area contributed by atoms with E-state index in [1.165, 1.54) is 0 Å². The summed E-state index contributed by atoms with van der Waals surface area (Å²) in [6.45, 7) is 0.381. The molecule has 1 aliphatic rings. The molecule has 0 unspecified atom stereocenters. The van der Waals surface area contributed by atoms with Gasteiger partial charge in [-0.2, -0.15) is 0 Å². The first-order chi connectivity index (χ1) is 5.27. The Morgan fingerprint density at radius 1 is 1.55 bits per heavy atom. The van der Waals surface area contributed by atoms with Crippen molar-refractivity contribution < 1.29 is 9.84 Å². The van der Waals surface area contributed by atoms with Gasteiger partial charge in [-0.05, 0) is 18.2 Å². The molecule has 11 heavy (non-hydrogen) atoms. The van der Waals surface area contributed by atoms with Crippen LogP contribution in [-0.4, -0.2) is 11.7 Å². The molecule has 0 bridgehead atoms. The van der Waals surface area contributed by atoms with Gasteiger partial charge in [-0.1, -0.05) is 15.9 Å². The molecule has 0 fully saturated rings. The molecule has 0 amide bonds. The first kappa shape index (κ1) is 7.13. The molecule has 58 valence electrons. The lowest BCUT2D eigenvalue weighted by molar-refractivity contribution is 0.140. The zero-order valence-electron chi connectivity index (χ0n) is 5.75. The van der Waals surface area contributed by atoms with E-state index in [1.807, 2.05) is 18.2 Å². The minimum absolute atomic E-state index is 0.381. The van der Waals surface area contributed by atoms with Gasteiger partial charge in [-0.15, -0.1) is 0 Å². The van der Waals surface area contributed by atoms with Gasteiger partial charge in [0.2, 0.25) is 0 Å². The molecule has 3 heteroatoms. The number of hydrogen-bond donors (Lipinski definition) is 1. The first-order valence-corrected chi connectivity index (χ1v) is 4.17. The molecule has 0 saturated carbocycles. The van der Waals surface area contributed by atoms with Gasteiger partial charge in [0, 0.05) is 10.0 Å². The fraction of sp³-hybridized carbons (Fsp3) is 0.250. The molecule has 2 rings (SSSR count). The molecule has 1 aliphatic heterocycles. The van der Waals surface area contributed by atoms with Crippen LogP contribution in [0.15, 0.2) is 22.7 Å². The first-order valence-electron chi connectivity index (χ1n) is 3.37. The van der Waals surface area contributed by atoms with Gasteiger partial charge in [0.25, 0.3) is 0 Å². The van der Waals surface area contributed by atoms with Gasteiger partial charge in [-0.3, -0.25) is 0 Å². The molecule has 1 heterocycles. The summed E-state index contributed by atoms with van der Waals surface area (Å²) >= 11 is 3.33. The molecular weight excluding hydrogens is 208 g/mol. The van der Waals surface area contributed by atoms with Gasteiger partial charge in [-0.25, -0.2) is 0 Å². The number of ether oxygens (including phenoxy) is 1. The largest absolute Gasteiger partial charge is 0.490 e. The van der Waals surface area contributed by atoms with Crippen molar-refractivity contribution in [2.75, 3.05) is 6.61 Å². The molecule has 0 aromatic heterocycles. The van der Waals surface area contributed by atoms with E-state index in [0.29, 0.717) is 6.61 Å². The van der Waals surface area contributed by atoms with E-state index in [1.54, 1.807) is 0 Å². The Morgan fingerprint density at radius 2 is 2.36 bits per heavy atom. The topological polar surface area (TPSA) is 29.5 Å². The predicted octanol–water partition coefficient (Wildman–Crippen LogP) is 1.87. The summed E-state index contributed by atoms with van der Waals surface area (Å²) in [7, 11) is 0. The molecule has 1 N–H and O–H groups in total. The smallest absolute Gasteiger partial charge is 0.125 e. The highest BCUT2D eigenvalue weighted by atomic mass is 79.9. The van der Waals surface area contributed by atoms with E-state index >= 15 is 0 Å². The number of fused-ring (bicyclic) bond motifs is 1. The van der Waals surface area contributed by atoms with Crippen molar-refractivity contribution >= 4 is 15.9 Å². The van der Waals surface area contributed by atoms with Crippen LogP contribution in [0.4, 0.5) is 0 Å². The Kier molecular flexibility index (Phi) is 1.62. The number of hydrogen-bond acceptors (Lipinski definition) is 2. The van der Waals surface area contributed by atoms with Crippen LogP contribution in [0.2, 0.25) is 0 Å². The maximum Gasteiger partial charge on any atom is 0.125 e. The van der Waals surface area contributed by atoms with Crippen LogP contribution in [0.1, 0.15) is 11.7 Å². The third kappa shape index (κ3) is 1.14. The molecule has 0 radical (unpaired) electrons. The molecule has 1 aromatic rings. The second-order valence-corrected chi connectivity index (χ2v) is 3.42. The Labute approximate surface area is 72.9 Å². The van der Waals surface area contributed by atoms with Crippen molar-refractivity contribution in [3.63, 3.8) is 0 Å². The Balaban J connectivity index is 2.52. The molecule has 1 atom stereocenters. The van der Waals surface area contributed by atoms with Crippen molar-refractivity contribution in [2.45, 2.75) is 6.10 Å². The normalized spacial score (nSPS) is 21.1. The predicted molar refractivity (Wildman–Crippen MR) is 44.6 cm³/mol. The lowest BCUT2D eigenvalue weighted by Crippen LogP contribution is -1.97. The van der Waals surface area contributed by atoms with Crippen molar-refractivity contribution in [3.05, 3.63) is 28.2 Å². The quantitative estimate of drug-likeness (QED) is 0.715. The Morgan fingerprint density at radius 3 is 3.18 bits per heavy atom. The third-order valence-corrected chi connectivity index (χ3v) is 2.22. The summed E-state index contributed by atoms with van der Waals surface area (Å²) in [6, 6.07) is 5.64. The monoisotopic (exact) mass is 214 g/mol. The summed E-state index contributed by atoms with van der Waals surface area (Å²) < 4.78 is 6.17. The van der Waals surface area contributed by atoms with Gasteiger partial charge >= 0.3 is 0 Å². The van der Waals surface area contributed by atoms with Crippen LogP contribution in [0.3, 0.4) is 0 Å². The second-order valence-electron chi connectivity index (χ2n) is 2.51. The zero-order chi connectivity index (χ0) is 7.84. The molecule has 0 saturated heterocycles. The minimum atomic E-state index is -0.456. The number of aliphatic hydroxyl groups is 1. The van der Waals surface area contributed by atoms with Crippen LogP contribution in [-0.2, 0) is 0 Å². The summed E-state index contributed by atoms with van der Waals surface area (Å²) in [4.78, 5) is 0. The summed E-state index contributed by atoms with van der Waals surface area (Å²) in [5.74, 6) is 0.792. The fourth-order valence-corrected chi connectivity index (χ4v) is 1.55. The average molecular weight is 215 g/mol. The maximum atomic E-state index is 9.36. The van der Waals surface area contributed by atoms with E-state index in [4.69, 9.17) is 4.74 Å². The average Bonchev–Trinajstić information content (AvgIpc) is 2.33. The Hall–Kier alpha value is -0.540. The molecule has 2 nitrogen and oxygen atoms in total. The van der Waals surface area contributed by atoms with Crippen molar-refractivity contribution in [1.82, 2.24) is 0 Å². The highest BCUT2D eigenvalue weighted by molar-refractivity contribution is 9.10. The molecule has 0 spiro atoms. The minimum Gasteiger partial charge on any atom is -0.490 e. The standard InChI is InChI=1S/C8H7BrO2/c9-5-1-2-8-6(3-5)7(10)4-11-8/h1-3,7,10H,4H2/t7-/m1/s1. The van der Waals surface area contributed by atoms with Crippen LogP contribution in [0.25, 0.3) is 0 Å². The lowest BCUT2D eigenvalue weighted by Gasteiger charge is -1.98. The van der Waals surface area contributed by atoms with E-state index in [-0.39, 0.29) is 0 Å². The van der Waals surface area contributed by atoms with Crippen LogP contribution in [0, 0.1) is 0 Å². The van der Waals surface area contributed by atoms with Crippen LogP contribution in [0.5, 0.6) is 5.75 Å². The highest BCUT2D eigenvalue weighted by Crippen LogP contribution is 2.33. The van der Waals surface area contributed by atoms with E-state index < -0.39 is 6.10 Å². The SMILES string of the molecule is O[C@@H]1COc2ccc(Br)cc21. The summed E-state index contributed by atoms with van der Waals surface area (Å²) in [5, 5.41) is 9.36. The lowest BCUT2D eigenvalue weighted by atomic mass is 10.1. The Bertz CT molecular complexity index is 285. The number of rotatable bonds is 0. The number of halogens is 1. The molecule has 1 aromatic carbocycles. The van der Waals surface area contributed by atoms with Gasteiger partial charge in [0.05, 0.1) is 0 Å². The van der Waals surface area contributed by atoms with Crippen molar-refractivity contribution in [1.29, 1.82) is 0 Å². The second kappa shape index (κ2) is 2.50. The summed E-state index contributed by atoms with van der Waals surface area (Å²) in [5.41, 5.74) is 0.874. The maximum absolute atomic E-state index is 9.36. The van der Waals surface area contributed by atoms with Gasteiger partial charge < -0.3 is 9.84 Å². The van der Waals surface area contributed by atoms with E-state index in [0.717, 1.165) is 15.8 Å². The van der Waals surface area contributed by atoms with Crippen molar-refractivity contribution in [3.8, 4) is 5.75 Å². The fourth-order valence-electron chi connectivity index (χ4n) is 1.17. The highest BCUT2D eigenvalue weighted by Gasteiger charge is 2.21. The van der Waals surface area contributed by atoms with Gasteiger partial charge in [0.1, 0.15) is 18.5 Å². The third-order valence-electron chi connectivity index (χ3n) is 1.73. The molecular formula is C8H7BrO2. The van der Waals surface area contributed by atoms with E-state index in [9.17, 15) is 5.11 Å². The molecule has 0 aliphatic carbocycles. The zero-order valence-corrected chi connectivity index (χ0v) is 7.34. The number of benzene rings is 1. The van der Waals surface area contributed by atoms with E-state index in [2.05, 4.69) is 15.9 Å². The van der Waals surface area contributed by atoms with Crippen molar-refractivity contribution in [2.24, 2.45) is 0 Å². The van der Waals surface area contributed by atoms with Gasteiger partial charge in [0.15, 0.2) is 0 Å². The van der Waals surface area contributed by atoms with Crippen LogP contribution < -0.4 is 4.74 Å². The van der Waals surface area contributed by atoms with Crippen LogP contribution >= 0.6 is 15.9 Å². The summed E-state index contributed by atoms with van der Waals surface area (Å²) in [6.07, 6.45) is -0.456.